The summed E-state index contributed by atoms with van der Waals surface area (Å²) >= 11 is 0. The first kappa shape index (κ1) is 22.4. The number of aromatic nitrogens is 2. The van der Waals surface area contributed by atoms with E-state index >= 15 is 0 Å². The Balaban J connectivity index is 1.70. The molecule has 0 saturated heterocycles. The predicted molar refractivity (Wildman–Crippen MR) is 121 cm³/mol. The highest BCUT2D eigenvalue weighted by molar-refractivity contribution is 6.03. The number of hydrogen-bond donors (Lipinski definition) is 1. The summed E-state index contributed by atoms with van der Waals surface area (Å²) in [6.45, 7) is 6.92. The number of carbonyl (C=O) groups excluding carboxylic acids is 2. The molecular weight excluding hydrogens is 402 g/mol. The Hall–Kier alpha value is -2.76. The Morgan fingerprint density at radius 3 is 1.97 bits per heavy atom. The van der Waals surface area contributed by atoms with Crippen molar-refractivity contribution in [2.75, 3.05) is 7.11 Å². The molecule has 0 aromatic carbocycles. The van der Waals surface area contributed by atoms with Crippen LogP contribution in [0.4, 0.5) is 0 Å². The van der Waals surface area contributed by atoms with Gasteiger partial charge in [0.05, 0.1) is 7.11 Å². The van der Waals surface area contributed by atoms with Crippen molar-refractivity contribution >= 4 is 11.9 Å². The first-order valence-electron chi connectivity index (χ1n) is 11.4. The van der Waals surface area contributed by atoms with E-state index < -0.39 is 11.4 Å². The van der Waals surface area contributed by atoms with Crippen LogP contribution in [0.3, 0.4) is 0 Å². The molecule has 2 saturated carbocycles. The fraction of sp³-hybridized carbons (Fsp3) is 0.538. The van der Waals surface area contributed by atoms with Crippen LogP contribution in [0.5, 0.6) is 0 Å². The molecule has 2 aromatic rings. The summed E-state index contributed by atoms with van der Waals surface area (Å²) in [4.78, 5) is 35.5. The van der Waals surface area contributed by atoms with Crippen LogP contribution in [0, 0.1) is 22.2 Å². The molecule has 170 valence electrons. The molecule has 4 rings (SSSR count). The van der Waals surface area contributed by atoms with Gasteiger partial charge in [0, 0.05) is 30.8 Å². The quantitative estimate of drug-likeness (QED) is 0.529. The van der Waals surface area contributed by atoms with E-state index in [0.717, 1.165) is 24.0 Å². The van der Waals surface area contributed by atoms with Gasteiger partial charge in [-0.25, -0.2) is 0 Å². The Kier molecular flexibility index (Phi) is 5.82. The number of hydrogen-bond acceptors (Lipinski definition) is 5. The second-order valence-electron chi connectivity index (χ2n) is 10.3. The van der Waals surface area contributed by atoms with E-state index in [0.29, 0.717) is 5.92 Å². The van der Waals surface area contributed by atoms with Gasteiger partial charge in [0.1, 0.15) is 0 Å². The Bertz CT molecular complexity index is 935. The fourth-order valence-corrected chi connectivity index (χ4v) is 6.07. The smallest absolute Gasteiger partial charge is 0.322 e. The van der Waals surface area contributed by atoms with Gasteiger partial charge in [-0.3, -0.25) is 19.6 Å². The number of nitrogens with zero attached hydrogens (tertiary/aromatic N) is 2. The van der Waals surface area contributed by atoms with Crippen molar-refractivity contribution in [3.8, 4) is 0 Å². The first-order chi connectivity index (χ1) is 15.2. The minimum atomic E-state index is -1.38. The lowest BCUT2D eigenvalue weighted by Crippen LogP contribution is -2.56. The molecule has 1 amide bonds. The van der Waals surface area contributed by atoms with Crippen LogP contribution in [0.1, 0.15) is 51.2 Å². The van der Waals surface area contributed by atoms with Crippen molar-refractivity contribution in [3.63, 3.8) is 0 Å². The molecule has 0 radical (unpaired) electrons. The van der Waals surface area contributed by atoms with Crippen LogP contribution < -0.4 is 5.32 Å². The molecule has 6 nitrogen and oxygen atoms in total. The van der Waals surface area contributed by atoms with Crippen LogP contribution in [0.2, 0.25) is 0 Å². The summed E-state index contributed by atoms with van der Waals surface area (Å²) < 4.78 is 5.24. The number of carbonyl (C=O) groups is 2. The van der Waals surface area contributed by atoms with E-state index in [1.165, 1.54) is 13.5 Å². The summed E-state index contributed by atoms with van der Waals surface area (Å²) in [7, 11) is 1.35. The topological polar surface area (TPSA) is 81.2 Å². The molecule has 2 bridgehead atoms. The number of rotatable bonds is 7. The third-order valence-electron chi connectivity index (χ3n) is 8.62. The molecule has 2 aliphatic carbocycles. The zero-order valence-electron chi connectivity index (χ0n) is 19.4. The van der Waals surface area contributed by atoms with Gasteiger partial charge < -0.3 is 10.1 Å². The maximum atomic E-state index is 14.0. The maximum absolute atomic E-state index is 14.0. The second-order valence-corrected chi connectivity index (χ2v) is 10.3. The lowest BCUT2D eigenvalue weighted by molar-refractivity contribution is -0.159. The maximum Gasteiger partial charge on any atom is 0.322 e. The van der Waals surface area contributed by atoms with Crippen molar-refractivity contribution < 1.29 is 14.3 Å². The number of methoxy groups -OCH3 is 1. The minimum absolute atomic E-state index is 0.0164. The van der Waals surface area contributed by atoms with Crippen molar-refractivity contribution in [1.82, 2.24) is 15.3 Å². The van der Waals surface area contributed by atoms with Gasteiger partial charge >= 0.3 is 5.97 Å². The largest absolute Gasteiger partial charge is 0.468 e. The predicted octanol–water partition coefficient (Wildman–Crippen LogP) is 3.75. The molecule has 0 aliphatic heterocycles. The molecule has 2 fully saturated rings. The highest BCUT2D eigenvalue weighted by Gasteiger charge is 2.62. The standard InChI is InChI=1S/C26H33N3O3/c1-24(2)20-5-10-25(24,3)21(15-20)29-22(30)26(23(31)32-4,16-18-6-11-27-12-7-18)17-19-8-13-28-14-9-19/h6-9,11-14,20-21H,5,10,15-17H2,1-4H3,(H,29,30). The SMILES string of the molecule is COC(=O)C(Cc1ccncc1)(Cc1ccncc1)C(=O)NC1CC2CCC1(C)C2(C)C. The zero-order chi connectivity index (χ0) is 23.0. The molecule has 3 unspecified atom stereocenters. The van der Waals surface area contributed by atoms with Gasteiger partial charge in [0.25, 0.3) is 0 Å². The average Bonchev–Trinajstić information content (AvgIpc) is 3.13. The van der Waals surface area contributed by atoms with Gasteiger partial charge in [-0.15, -0.1) is 0 Å². The highest BCUT2D eigenvalue weighted by Crippen LogP contribution is 2.65. The summed E-state index contributed by atoms with van der Waals surface area (Å²) in [6.07, 6.45) is 10.5. The molecular formula is C26H33N3O3. The minimum Gasteiger partial charge on any atom is -0.468 e. The van der Waals surface area contributed by atoms with Crippen LogP contribution in [-0.4, -0.2) is 35.0 Å². The first-order valence-corrected chi connectivity index (χ1v) is 11.4. The Morgan fingerprint density at radius 2 is 1.56 bits per heavy atom. The number of esters is 1. The molecule has 6 heteroatoms. The van der Waals surface area contributed by atoms with Crippen LogP contribution in [0.15, 0.2) is 49.1 Å². The fourth-order valence-electron chi connectivity index (χ4n) is 6.07. The van der Waals surface area contributed by atoms with E-state index in [1.54, 1.807) is 24.8 Å². The molecule has 0 spiro atoms. The average molecular weight is 436 g/mol. The summed E-state index contributed by atoms with van der Waals surface area (Å²) in [5, 5.41) is 3.33. The van der Waals surface area contributed by atoms with E-state index in [9.17, 15) is 9.59 Å². The number of fused-ring (bicyclic) bond motifs is 2. The second kappa shape index (κ2) is 8.30. The van der Waals surface area contributed by atoms with E-state index in [1.807, 2.05) is 24.3 Å². The molecule has 2 aliphatic rings. The van der Waals surface area contributed by atoms with Gasteiger partial charge in [0.2, 0.25) is 5.91 Å². The number of nitrogens with one attached hydrogen (secondary N) is 1. The van der Waals surface area contributed by atoms with Gasteiger partial charge in [-0.1, -0.05) is 20.8 Å². The van der Waals surface area contributed by atoms with Crippen LogP contribution in [-0.2, 0) is 27.2 Å². The lowest BCUT2D eigenvalue weighted by atomic mass is 9.68. The van der Waals surface area contributed by atoms with E-state index in [-0.39, 0.29) is 35.6 Å². The van der Waals surface area contributed by atoms with Crippen molar-refractivity contribution in [1.29, 1.82) is 0 Å². The molecule has 1 N–H and O–H groups in total. The van der Waals surface area contributed by atoms with Gasteiger partial charge in [-0.2, -0.15) is 0 Å². The van der Waals surface area contributed by atoms with E-state index in [4.69, 9.17) is 4.74 Å². The third kappa shape index (κ3) is 3.59. The third-order valence-corrected chi connectivity index (χ3v) is 8.62. The monoisotopic (exact) mass is 435 g/mol. The molecule has 2 heterocycles. The van der Waals surface area contributed by atoms with Gasteiger partial charge in [-0.05, 0) is 84.2 Å². The Labute approximate surface area is 190 Å². The number of pyridine rings is 2. The Morgan fingerprint density at radius 1 is 1.03 bits per heavy atom. The number of amides is 1. The highest BCUT2D eigenvalue weighted by atomic mass is 16.5. The summed E-state index contributed by atoms with van der Waals surface area (Å²) in [6, 6.07) is 7.43. The van der Waals surface area contributed by atoms with Crippen molar-refractivity contribution in [2.24, 2.45) is 22.2 Å². The molecule has 2 aromatic heterocycles. The summed E-state index contributed by atoms with van der Waals surface area (Å²) in [5.74, 6) is -0.186. The van der Waals surface area contributed by atoms with Crippen molar-refractivity contribution in [3.05, 3.63) is 60.2 Å². The normalized spacial score (nSPS) is 26.0. The van der Waals surface area contributed by atoms with Crippen molar-refractivity contribution in [2.45, 2.75) is 58.9 Å². The van der Waals surface area contributed by atoms with Gasteiger partial charge in [0.15, 0.2) is 5.41 Å². The molecule has 3 atom stereocenters. The lowest BCUT2D eigenvalue weighted by Gasteiger charge is -2.41. The van der Waals surface area contributed by atoms with E-state index in [2.05, 4.69) is 36.1 Å². The molecule has 32 heavy (non-hydrogen) atoms. The number of ether oxygens (including phenoxy) is 1. The van der Waals surface area contributed by atoms with Crippen LogP contribution in [0.25, 0.3) is 0 Å². The van der Waals surface area contributed by atoms with Crippen LogP contribution >= 0.6 is 0 Å². The zero-order valence-corrected chi connectivity index (χ0v) is 19.4. The summed E-state index contributed by atoms with van der Waals surface area (Å²) in [5.41, 5.74) is 0.542.